The minimum atomic E-state index is 0.106. The molecule has 0 unspecified atom stereocenters. The van der Waals surface area contributed by atoms with Gasteiger partial charge in [-0.2, -0.15) is 0 Å². The molecule has 2 rings (SSSR count). The van der Waals surface area contributed by atoms with Crippen LogP contribution in [-0.4, -0.2) is 4.57 Å². The smallest absolute Gasteiger partial charge is 0.189 e. The molecule has 1 aromatic carbocycles. The third-order valence-corrected chi connectivity index (χ3v) is 2.70. The molecule has 0 aliphatic carbocycles. The molecule has 2 nitrogen and oxygen atoms in total. The van der Waals surface area contributed by atoms with E-state index in [4.69, 9.17) is 0 Å². The van der Waals surface area contributed by atoms with Gasteiger partial charge in [0.05, 0.1) is 5.52 Å². The van der Waals surface area contributed by atoms with E-state index in [0.717, 1.165) is 17.4 Å². The monoisotopic (exact) mass is 215 g/mol. The van der Waals surface area contributed by atoms with Crippen molar-refractivity contribution in [1.29, 1.82) is 0 Å². The second-order valence-electron chi connectivity index (χ2n) is 4.75. The van der Waals surface area contributed by atoms with Crippen LogP contribution in [0.15, 0.2) is 35.3 Å². The van der Waals surface area contributed by atoms with Gasteiger partial charge in [-0.1, -0.05) is 19.9 Å². The molecule has 1 aromatic heterocycles. The van der Waals surface area contributed by atoms with Crippen LogP contribution in [0, 0.1) is 12.8 Å². The lowest BCUT2D eigenvalue weighted by atomic mass is 10.1. The minimum absolute atomic E-state index is 0.106. The van der Waals surface area contributed by atoms with E-state index in [9.17, 15) is 4.79 Å². The molecule has 0 aliphatic rings. The third kappa shape index (κ3) is 2.01. The van der Waals surface area contributed by atoms with Gasteiger partial charge in [-0.15, -0.1) is 0 Å². The van der Waals surface area contributed by atoms with Gasteiger partial charge in [0.15, 0.2) is 5.43 Å². The lowest BCUT2D eigenvalue weighted by Gasteiger charge is -2.13. The quantitative estimate of drug-likeness (QED) is 0.755. The molecule has 84 valence electrons. The molecule has 0 saturated heterocycles. The Balaban J connectivity index is 2.70. The number of pyridine rings is 1. The van der Waals surface area contributed by atoms with Crippen molar-refractivity contribution < 1.29 is 0 Å². The summed E-state index contributed by atoms with van der Waals surface area (Å²) >= 11 is 0. The van der Waals surface area contributed by atoms with E-state index in [2.05, 4.69) is 31.4 Å². The zero-order chi connectivity index (χ0) is 11.7. The standard InChI is InChI=1S/C14H17NO/c1-10(2)9-15-7-6-14(16)12-5-4-11(3)8-13(12)15/h4-8,10H,9H2,1-3H3. The number of aryl methyl sites for hydroxylation is 1. The maximum atomic E-state index is 11.7. The lowest BCUT2D eigenvalue weighted by molar-refractivity contribution is 0.533. The van der Waals surface area contributed by atoms with E-state index >= 15 is 0 Å². The van der Waals surface area contributed by atoms with Gasteiger partial charge < -0.3 is 4.57 Å². The Bertz CT molecular complexity index is 566. The molecule has 0 saturated carbocycles. The number of rotatable bonds is 2. The largest absolute Gasteiger partial charge is 0.347 e. The summed E-state index contributed by atoms with van der Waals surface area (Å²) < 4.78 is 2.16. The van der Waals surface area contributed by atoms with Gasteiger partial charge in [0.1, 0.15) is 0 Å². The molecule has 1 heterocycles. The fourth-order valence-corrected chi connectivity index (χ4v) is 1.97. The number of benzene rings is 1. The van der Waals surface area contributed by atoms with E-state index < -0.39 is 0 Å². The van der Waals surface area contributed by atoms with Crippen LogP contribution >= 0.6 is 0 Å². The van der Waals surface area contributed by atoms with E-state index in [1.807, 2.05) is 18.3 Å². The minimum Gasteiger partial charge on any atom is -0.347 e. The second kappa shape index (κ2) is 4.12. The lowest BCUT2D eigenvalue weighted by Crippen LogP contribution is -2.11. The maximum absolute atomic E-state index is 11.7. The van der Waals surface area contributed by atoms with Gasteiger partial charge in [-0.05, 0) is 30.5 Å². The van der Waals surface area contributed by atoms with Crippen LogP contribution in [-0.2, 0) is 6.54 Å². The van der Waals surface area contributed by atoms with Crippen molar-refractivity contribution in [3.8, 4) is 0 Å². The fraction of sp³-hybridized carbons (Fsp3) is 0.357. The summed E-state index contributed by atoms with van der Waals surface area (Å²) in [6.07, 6.45) is 1.89. The Morgan fingerprint density at radius 3 is 2.69 bits per heavy atom. The normalized spacial score (nSPS) is 11.2. The molecular formula is C14H17NO. The summed E-state index contributed by atoms with van der Waals surface area (Å²) in [5, 5.41) is 0.814. The topological polar surface area (TPSA) is 22.0 Å². The van der Waals surface area contributed by atoms with Crippen LogP contribution in [0.5, 0.6) is 0 Å². The fourth-order valence-electron chi connectivity index (χ4n) is 1.97. The molecular weight excluding hydrogens is 198 g/mol. The first-order valence-electron chi connectivity index (χ1n) is 5.68. The SMILES string of the molecule is Cc1ccc2c(=O)ccn(CC(C)C)c2c1. The molecule has 0 atom stereocenters. The van der Waals surface area contributed by atoms with Crippen molar-refractivity contribution in [2.24, 2.45) is 5.92 Å². The average molecular weight is 215 g/mol. The predicted molar refractivity (Wildman–Crippen MR) is 67.8 cm³/mol. The summed E-state index contributed by atoms with van der Waals surface area (Å²) in [5.74, 6) is 0.575. The van der Waals surface area contributed by atoms with E-state index in [1.54, 1.807) is 6.07 Å². The number of hydrogen-bond acceptors (Lipinski definition) is 1. The molecule has 0 N–H and O–H groups in total. The van der Waals surface area contributed by atoms with Crippen molar-refractivity contribution in [2.75, 3.05) is 0 Å². The van der Waals surface area contributed by atoms with Crippen LogP contribution in [0.4, 0.5) is 0 Å². The Morgan fingerprint density at radius 2 is 2.00 bits per heavy atom. The molecule has 0 radical (unpaired) electrons. The highest BCUT2D eigenvalue weighted by molar-refractivity contribution is 5.79. The van der Waals surface area contributed by atoms with Crippen molar-refractivity contribution in [3.05, 3.63) is 46.2 Å². The summed E-state index contributed by atoms with van der Waals surface area (Å²) in [4.78, 5) is 11.7. The van der Waals surface area contributed by atoms with Crippen LogP contribution < -0.4 is 5.43 Å². The highest BCUT2D eigenvalue weighted by atomic mass is 16.1. The highest BCUT2D eigenvalue weighted by Crippen LogP contribution is 2.13. The van der Waals surface area contributed by atoms with Gasteiger partial charge in [0.25, 0.3) is 0 Å². The average Bonchev–Trinajstić information content (AvgIpc) is 2.22. The number of nitrogens with zero attached hydrogens (tertiary/aromatic N) is 1. The molecule has 2 heteroatoms. The van der Waals surface area contributed by atoms with Crippen molar-refractivity contribution >= 4 is 10.9 Å². The van der Waals surface area contributed by atoms with Gasteiger partial charge in [-0.3, -0.25) is 4.79 Å². The Labute approximate surface area is 95.5 Å². The van der Waals surface area contributed by atoms with Crippen LogP contribution in [0.2, 0.25) is 0 Å². The molecule has 2 aromatic rings. The van der Waals surface area contributed by atoms with Crippen molar-refractivity contribution in [2.45, 2.75) is 27.3 Å². The number of hydrogen-bond donors (Lipinski definition) is 0. The first-order valence-corrected chi connectivity index (χ1v) is 5.68. The molecule has 16 heavy (non-hydrogen) atoms. The van der Waals surface area contributed by atoms with E-state index in [1.165, 1.54) is 5.56 Å². The van der Waals surface area contributed by atoms with Gasteiger partial charge in [-0.25, -0.2) is 0 Å². The van der Waals surface area contributed by atoms with E-state index in [0.29, 0.717) is 5.92 Å². The molecule has 0 bridgehead atoms. The summed E-state index contributed by atoms with van der Waals surface area (Å²) in [5.41, 5.74) is 2.34. The Kier molecular flexibility index (Phi) is 2.82. The number of aromatic nitrogens is 1. The third-order valence-electron chi connectivity index (χ3n) is 2.70. The Hall–Kier alpha value is -1.57. The van der Waals surface area contributed by atoms with Gasteiger partial charge in [0.2, 0.25) is 0 Å². The Morgan fingerprint density at radius 1 is 1.25 bits per heavy atom. The zero-order valence-corrected chi connectivity index (χ0v) is 10.0. The molecule has 0 aliphatic heterocycles. The molecule has 0 amide bonds. The van der Waals surface area contributed by atoms with Crippen molar-refractivity contribution in [1.82, 2.24) is 4.57 Å². The highest BCUT2D eigenvalue weighted by Gasteiger charge is 2.04. The second-order valence-corrected chi connectivity index (χ2v) is 4.75. The van der Waals surface area contributed by atoms with Crippen LogP contribution in [0.1, 0.15) is 19.4 Å². The first kappa shape index (κ1) is 10.9. The number of fused-ring (bicyclic) bond motifs is 1. The molecule has 0 spiro atoms. The van der Waals surface area contributed by atoms with E-state index in [-0.39, 0.29) is 5.43 Å². The van der Waals surface area contributed by atoms with Crippen molar-refractivity contribution in [3.63, 3.8) is 0 Å². The van der Waals surface area contributed by atoms with Crippen LogP contribution in [0.25, 0.3) is 10.9 Å². The summed E-state index contributed by atoms with van der Waals surface area (Å²) in [6, 6.07) is 7.65. The van der Waals surface area contributed by atoms with Gasteiger partial charge >= 0.3 is 0 Å². The summed E-state index contributed by atoms with van der Waals surface area (Å²) in [7, 11) is 0. The maximum Gasteiger partial charge on any atom is 0.189 e. The zero-order valence-electron chi connectivity index (χ0n) is 10.0. The summed E-state index contributed by atoms with van der Waals surface area (Å²) in [6.45, 7) is 7.36. The van der Waals surface area contributed by atoms with Gasteiger partial charge in [0, 0.05) is 24.2 Å². The predicted octanol–water partition coefficient (Wildman–Crippen LogP) is 2.97. The van der Waals surface area contributed by atoms with Crippen LogP contribution in [0.3, 0.4) is 0 Å². The molecule has 0 fully saturated rings. The first-order chi connectivity index (χ1) is 7.58.